The lowest BCUT2D eigenvalue weighted by molar-refractivity contribution is 0.330. The van der Waals surface area contributed by atoms with Crippen molar-refractivity contribution >= 4 is 11.3 Å². The maximum Gasteiger partial charge on any atom is 0.0900 e. The van der Waals surface area contributed by atoms with Crippen molar-refractivity contribution in [3.8, 4) is 0 Å². The van der Waals surface area contributed by atoms with E-state index in [2.05, 4.69) is 31.1 Å². The van der Waals surface area contributed by atoms with E-state index >= 15 is 0 Å². The van der Waals surface area contributed by atoms with Crippen LogP contribution in [0.2, 0.25) is 0 Å². The van der Waals surface area contributed by atoms with Crippen molar-refractivity contribution in [1.29, 1.82) is 0 Å². The van der Waals surface area contributed by atoms with Gasteiger partial charge in [-0.25, -0.2) is 4.98 Å². The molecule has 2 fully saturated rings. The Bertz CT molecular complexity index is 412. The average molecular weight is 250 g/mol. The maximum atomic E-state index is 4.53. The summed E-state index contributed by atoms with van der Waals surface area (Å²) in [7, 11) is 0. The number of nitrogens with one attached hydrogen (secondary N) is 1. The van der Waals surface area contributed by atoms with Gasteiger partial charge in [-0.15, -0.1) is 11.3 Å². The van der Waals surface area contributed by atoms with Gasteiger partial charge in [0.1, 0.15) is 0 Å². The highest BCUT2D eigenvalue weighted by Gasteiger charge is 2.45. The summed E-state index contributed by atoms with van der Waals surface area (Å²) >= 11 is 1.85. The van der Waals surface area contributed by atoms with Gasteiger partial charge >= 0.3 is 0 Å². The molecule has 0 bridgehead atoms. The Balaban J connectivity index is 1.66. The first-order valence-electron chi connectivity index (χ1n) is 6.85. The zero-order valence-corrected chi connectivity index (χ0v) is 11.8. The first-order chi connectivity index (χ1) is 8.15. The Hall–Kier alpha value is -0.410. The van der Waals surface area contributed by atoms with Gasteiger partial charge in [-0.05, 0) is 45.4 Å². The minimum absolute atomic E-state index is 0.477. The lowest BCUT2D eigenvalue weighted by atomic mass is 9.95. The fourth-order valence-electron chi connectivity index (χ4n) is 3.46. The minimum Gasteiger partial charge on any atom is -0.306 e. The van der Waals surface area contributed by atoms with Gasteiger partial charge in [0, 0.05) is 17.0 Å². The van der Waals surface area contributed by atoms with E-state index in [1.807, 2.05) is 11.3 Å². The number of hydrogen-bond donors (Lipinski definition) is 1. The number of aryl methyl sites for hydroxylation is 2. The molecule has 2 saturated carbocycles. The normalized spacial score (nSPS) is 33.2. The van der Waals surface area contributed by atoms with Gasteiger partial charge in [0.15, 0.2) is 0 Å². The third kappa shape index (κ3) is 2.27. The van der Waals surface area contributed by atoms with Crippen molar-refractivity contribution in [2.75, 3.05) is 0 Å². The van der Waals surface area contributed by atoms with Crippen molar-refractivity contribution in [3.05, 3.63) is 15.6 Å². The predicted octanol–water partition coefficient (Wildman–Crippen LogP) is 3.60. The lowest BCUT2D eigenvalue weighted by Crippen LogP contribution is -2.35. The Morgan fingerprint density at radius 3 is 2.88 bits per heavy atom. The van der Waals surface area contributed by atoms with Crippen LogP contribution in [-0.4, -0.2) is 11.0 Å². The number of nitrogens with zero attached hydrogens (tertiary/aromatic N) is 1. The smallest absolute Gasteiger partial charge is 0.0900 e. The topological polar surface area (TPSA) is 24.9 Å². The van der Waals surface area contributed by atoms with Gasteiger partial charge in [-0.1, -0.05) is 12.8 Å². The van der Waals surface area contributed by atoms with Crippen molar-refractivity contribution in [2.24, 2.45) is 11.8 Å². The summed E-state index contributed by atoms with van der Waals surface area (Å²) in [6.07, 6.45) is 5.76. The molecule has 2 aliphatic rings. The third-order valence-electron chi connectivity index (χ3n) is 4.38. The molecule has 1 aromatic heterocycles. The lowest BCUT2D eigenvalue weighted by Gasteiger charge is -2.26. The van der Waals surface area contributed by atoms with Crippen molar-refractivity contribution in [1.82, 2.24) is 10.3 Å². The molecule has 17 heavy (non-hydrogen) atoms. The summed E-state index contributed by atoms with van der Waals surface area (Å²) in [6.45, 7) is 6.54. The van der Waals surface area contributed by atoms with E-state index in [0.717, 1.165) is 17.9 Å². The van der Waals surface area contributed by atoms with Gasteiger partial charge in [0.2, 0.25) is 0 Å². The van der Waals surface area contributed by atoms with Crippen molar-refractivity contribution in [3.63, 3.8) is 0 Å². The first-order valence-corrected chi connectivity index (χ1v) is 7.66. The minimum atomic E-state index is 0.477. The number of fused-ring (bicyclic) bond motifs is 1. The van der Waals surface area contributed by atoms with Crippen LogP contribution in [0.3, 0.4) is 0 Å². The summed E-state index contributed by atoms with van der Waals surface area (Å²) < 4.78 is 0. The van der Waals surface area contributed by atoms with Crippen LogP contribution < -0.4 is 5.32 Å². The fraction of sp³-hybridized carbons (Fsp3) is 0.786. The highest BCUT2D eigenvalue weighted by atomic mass is 32.1. The summed E-state index contributed by atoms with van der Waals surface area (Å²) in [5, 5.41) is 5.04. The Morgan fingerprint density at radius 1 is 1.35 bits per heavy atom. The Kier molecular flexibility index (Phi) is 2.99. The molecule has 0 radical (unpaired) electrons. The molecule has 3 heteroatoms. The SMILES string of the molecule is Cc1nc(C)c(C(C)NC2CCCC3CC32)s1. The van der Waals surface area contributed by atoms with E-state index in [1.165, 1.54) is 41.3 Å². The second-order valence-corrected chi connectivity index (χ2v) is 7.00. The molecule has 4 unspecified atom stereocenters. The van der Waals surface area contributed by atoms with Gasteiger partial charge in [0.25, 0.3) is 0 Å². The van der Waals surface area contributed by atoms with Crippen LogP contribution in [0.15, 0.2) is 0 Å². The number of rotatable bonds is 3. The number of thiazole rings is 1. The van der Waals surface area contributed by atoms with Crippen LogP contribution in [0, 0.1) is 25.7 Å². The van der Waals surface area contributed by atoms with Crippen LogP contribution in [0.25, 0.3) is 0 Å². The summed E-state index contributed by atoms with van der Waals surface area (Å²) in [5.74, 6) is 2.04. The second kappa shape index (κ2) is 4.36. The molecule has 1 aromatic rings. The molecule has 0 spiro atoms. The largest absolute Gasteiger partial charge is 0.306 e. The van der Waals surface area contributed by atoms with E-state index in [1.54, 1.807) is 0 Å². The van der Waals surface area contributed by atoms with Crippen LogP contribution in [0.5, 0.6) is 0 Å². The van der Waals surface area contributed by atoms with E-state index in [0.29, 0.717) is 6.04 Å². The zero-order valence-electron chi connectivity index (χ0n) is 11.0. The van der Waals surface area contributed by atoms with E-state index in [9.17, 15) is 0 Å². The maximum absolute atomic E-state index is 4.53. The number of hydrogen-bond acceptors (Lipinski definition) is 3. The third-order valence-corrected chi connectivity index (χ3v) is 5.64. The van der Waals surface area contributed by atoms with E-state index in [4.69, 9.17) is 0 Å². The van der Waals surface area contributed by atoms with E-state index in [-0.39, 0.29) is 0 Å². The molecule has 1 N–H and O–H groups in total. The van der Waals surface area contributed by atoms with Crippen LogP contribution in [0.1, 0.15) is 54.2 Å². The molecule has 2 nitrogen and oxygen atoms in total. The molecule has 0 amide bonds. The fourth-order valence-corrected chi connectivity index (χ4v) is 4.40. The Morgan fingerprint density at radius 2 is 2.18 bits per heavy atom. The molecular formula is C14H22N2S. The van der Waals surface area contributed by atoms with Crippen LogP contribution >= 0.6 is 11.3 Å². The van der Waals surface area contributed by atoms with E-state index < -0.39 is 0 Å². The summed E-state index contributed by atoms with van der Waals surface area (Å²) in [5.41, 5.74) is 1.22. The van der Waals surface area contributed by atoms with Crippen molar-refractivity contribution in [2.45, 2.75) is 58.5 Å². The van der Waals surface area contributed by atoms with Gasteiger partial charge in [-0.2, -0.15) is 0 Å². The van der Waals surface area contributed by atoms with Crippen LogP contribution in [0.4, 0.5) is 0 Å². The zero-order chi connectivity index (χ0) is 12.0. The molecule has 1 heterocycles. The van der Waals surface area contributed by atoms with Gasteiger partial charge in [0.05, 0.1) is 10.7 Å². The van der Waals surface area contributed by atoms with Crippen molar-refractivity contribution < 1.29 is 0 Å². The molecular weight excluding hydrogens is 228 g/mol. The highest BCUT2D eigenvalue weighted by molar-refractivity contribution is 7.11. The standard InChI is InChI=1S/C14H22N2S/c1-8-14(17-10(3)15-8)9(2)16-13-6-4-5-11-7-12(11)13/h9,11-13,16H,4-7H2,1-3H3. The molecule has 0 saturated heterocycles. The van der Waals surface area contributed by atoms with Crippen LogP contribution in [-0.2, 0) is 0 Å². The predicted molar refractivity (Wildman–Crippen MR) is 72.4 cm³/mol. The second-order valence-electron chi connectivity index (χ2n) is 5.77. The molecule has 3 rings (SSSR count). The Labute approximate surface area is 108 Å². The average Bonchev–Trinajstić information content (AvgIpc) is 2.99. The summed E-state index contributed by atoms with van der Waals surface area (Å²) in [4.78, 5) is 5.97. The van der Waals surface area contributed by atoms with Gasteiger partial charge < -0.3 is 5.32 Å². The molecule has 4 atom stereocenters. The summed E-state index contributed by atoms with van der Waals surface area (Å²) in [6, 6.07) is 1.25. The van der Waals surface area contributed by atoms with Gasteiger partial charge in [-0.3, -0.25) is 0 Å². The monoisotopic (exact) mass is 250 g/mol. The molecule has 2 aliphatic carbocycles. The first kappa shape index (κ1) is 11.7. The highest BCUT2D eigenvalue weighted by Crippen LogP contribution is 2.50. The molecule has 94 valence electrons. The molecule has 0 aliphatic heterocycles. The molecule has 0 aromatic carbocycles. The number of aromatic nitrogens is 1. The quantitative estimate of drug-likeness (QED) is 0.886.